The number of hydrogen-bond donors (Lipinski definition) is 0. The minimum absolute atomic E-state index is 0.0685. The van der Waals surface area contributed by atoms with Crippen LogP contribution in [-0.4, -0.2) is 35.1 Å². The van der Waals surface area contributed by atoms with Crippen molar-refractivity contribution in [3.05, 3.63) is 53.7 Å². The summed E-state index contributed by atoms with van der Waals surface area (Å²) in [7, 11) is 0. The monoisotopic (exact) mass is 306 g/mol. The van der Waals surface area contributed by atoms with Crippen LogP contribution in [0.1, 0.15) is 23.0 Å². The molecule has 1 amide bonds. The highest BCUT2D eigenvalue weighted by molar-refractivity contribution is 5.88. The second-order valence-corrected chi connectivity index (χ2v) is 4.49. The lowest BCUT2D eigenvalue weighted by atomic mass is 10.2. The van der Waals surface area contributed by atoms with Crippen molar-refractivity contribution in [2.75, 3.05) is 13.2 Å². The van der Waals surface area contributed by atoms with Gasteiger partial charge in [-0.15, -0.1) is 0 Å². The zero-order valence-corrected chi connectivity index (χ0v) is 12.0. The maximum atomic E-state index is 13.1. The summed E-state index contributed by atoms with van der Waals surface area (Å²) in [6.07, 6.45) is 1.31. The number of amides is 1. The molecule has 22 heavy (non-hydrogen) atoms. The molecule has 0 radical (unpaired) electrons. The van der Waals surface area contributed by atoms with Crippen molar-refractivity contribution in [1.82, 2.24) is 10.1 Å². The number of nitrogens with zero attached hydrogens (tertiary/aromatic N) is 2. The van der Waals surface area contributed by atoms with E-state index in [1.807, 2.05) is 0 Å². The van der Waals surface area contributed by atoms with Crippen LogP contribution in [0.4, 0.5) is 4.39 Å². The second kappa shape index (κ2) is 7.35. The van der Waals surface area contributed by atoms with Crippen LogP contribution >= 0.6 is 0 Å². The average Bonchev–Trinajstić information content (AvgIpc) is 3.04. The highest BCUT2D eigenvalue weighted by Crippen LogP contribution is 2.08. The molecule has 6 nitrogen and oxygen atoms in total. The molecule has 0 N–H and O–H groups in total. The molecule has 1 aromatic carbocycles. The van der Waals surface area contributed by atoms with Gasteiger partial charge in [0.2, 0.25) is 5.76 Å². The summed E-state index contributed by atoms with van der Waals surface area (Å²) in [5.74, 6) is -1.56. The van der Waals surface area contributed by atoms with Crippen LogP contribution in [0.25, 0.3) is 0 Å². The second-order valence-electron chi connectivity index (χ2n) is 4.49. The summed E-state index contributed by atoms with van der Waals surface area (Å²) < 4.78 is 22.6. The van der Waals surface area contributed by atoms with Gasteiger partial charge in [-0.1, -0.05) is 17.3 Å². The fourth-order valence-corrected chi connectivity index (χ4v) is 1.84. The number of hydrogen-bond acceptors (Lipinski definition) is 5. The standard InChI is InChI=1S/C15H15FN2O4/c1-2-18(9-11-4-3-5-12(16)8-11)14(19)10-21-15(20)13-6-7-17-22-13/h3-8H,2,9-10H2,1H3. The predicted molar refractivity (Wildman–Crippen MR) is 74.3 cm³/mol. The predicted octanol–water partition coefficient (Wildman–Crippen LogP) is 2.02. The largest absolute Gasteiger partial charge is 0.450 e. The van der Waals surface area contributed by atoms with Gasteiger partial charge in [0.15, 0.2) is 6.61 Å². The van der Waals surface area contributed by atoms with Gasteiger partial charge in [0.05, 0.1) is 6.20 Å². The van der Waals surface area contributed by atoms with E-state index in [2.05, 4.69) is 9.68 Å². The molecule has 0 aliphatic heterocycles. The van der Waals surface area contributed by atoms with Crippen LogP contribution in [0.3, 0.4) is 0 Å². The zero-order valence-electron chi connectivity index (χ0n) is 12.0. The van der Waals surface area contributed by atoms with Crippen molar-refractivity contribution in [1.29, 1.82) is 0 Å². The SMILES string of the molecule is CCN(Cc1cccc(F)c1)C(=O)COC(=O)c1ccno1. The Kier molecular flexibility index (Phi) is 5.24. The lowest BCUT2D eigenvalue weighted by Crippen LogP contribution is -2.34. The van der Waals surface area contributed by atoms with E-state index < -0.39 is 12.6 Å². The fourth-order valence-electron chi connectivity index (χ4n) is 1.84. The maximum absolute atomic E-state index is 13.1. The molecule has 2 rings (SSSR count). The molecule has 116 valence electrons. The van der Waals surface area contributed by atoms with Crippen molar-refractivity contribution in [2.45, 2.75) is 13.5 Å². The minimum atomic E-state index is -0.757. The molecule has 0 spiro atoms. The Balaban J connectivity index is 1.90. The summed E-state index contributed by atoms with van der Waals surface area (Å²) in [6.45, 7) is 2.03. The summed E-state index contributed by atoms with van der Waals surface area (Å²) in [5, 5.41) is 3.38. The van der Waals surface area contributed by atoms with E-state index in [1.165, 1.54) is 29.3 Å². The van der Waals surface area contributed by atoms with E-state index in [0.29, 0.717) is 12.1 Å². The van der Waals surface area contributed by atoms with Crippen LogP contribution < -0.4 is 0 Å². The van der Waals surface area contributed by atoms with Crippen LogP contribution in [0.2, 0.25) is 0 Å². The first-order chi connectivity index (χ1) is 10.6. The molecule has 0 bridgehead atoms. The van der Waals surface area contributed by atoms with Gasteiger partial charge in [-0.05, 0) is 24.6 Å². The number of esters is 1. The van der Waals surface area contributed by atoms with Crippen molar-refractivity contribution >= 4 is 11.9 Å². The van der Waals surface area contributed by atoms with Crippen molar-refractivity contribution < 1.29 is 23.2 Å². The average molecular weight is 306 g/mol. The van der Waals surface area contributed by atoms with Crippen LogP contribution in [-0.2, 0) is 16.1 Å². The summed E-state index contributed by atoms with van der Waals surface area (Å²) in [5.41, 5.74) is 0.664. The van der Waals surface area contributed by atoms with E-state index >= 15 is 0 Å². The van der Waals surface area contributed by atoms with E-state index in [-0.39, 0.29) is 24.0 Å². The molecule has 7 heteroatoms. The molecule has 0 aliphatic rings. The Morgan fingerprint density at radius 3 is 2.82 bits per heavy atom. The van der Waals surface area contributed by atoms with E-state index in [1.54, 1.807) is 19.1 Å². The number of aromatic nitrogens is 1. The first kappa shape index (κ1) is 15.7. The quantitative estimate of drug-likeness (QED) is 0.763. The Morgan fingerprint density at radius 1 is 1.36 bits per heavy atom. The maximum Gasteiger partial charge on any atom is 0.377 e. The number of rotatable bonds is 6. The third-order valence-electron chi connectivity index (χ3n) is 2.96. The summed E-state index contributed by atoms with van der Waals surface area (Å²) in [6, 6.07) is 7.33. The lowest BCUT2D eigenvalue weighted by Gasteiger charge is -2.20. The van der Waals surface area contributed by atoms with Crippen LogP contribution in [0.5, 0.6) is 0 Å². The highest BCUT2D eigenvalue weighted by Gasteiger charge is 2.17. The van der Waals surface area contributed by atoms with Gasteiger partial charge in [-0.3, -0.25) is 4.79 Å². The Hall–Kier alpha value is -2.70. The Bertz CT molecular complexity index is 643. The first-order valence-electron chi connectivity index (χ1n) is 6.70. The van der Waals surface area contributed by atoms with Crippen LogP contribution in [0.15, 0.2) is 41.1 Å². The smallest absolute Gasteiger partial charge is 0.377 e. The molecule has 0 aliphatic carbocycles. The molecule has 0 fully saturated rings. The van der Waals surface area contributed by atoms with Crippen molar-refractivity contribution in [2.24, 2.45) is 0 Å². The minimum Gasteiger partial charge on any atom is -0.450 e. The molecule has 1 heterocycles. The molecular formula is C15H15FN2O4. The Morgan fingerprint density at radius 2 is 2.18 bits per heavy atom. The van der Waals surface area contributed by atoms with Crippen LogP contribution in [0, 0.1) is 5.82 Å². The number of ether oxygens (including phenoxy) is 1. The molecule has 0 atom stereocenters. The molecular weight excluding hydrogens is 291 g/mol. The van der Waals surface area contributed by atoms with E-state index in [4.69, 9.17) is 4.74 Å². The normalized spacial score (nSPS) is 10.3. The zero-order chi connectivity index (χ0) is 15.9. The summed E-state index contributed by atoms with van der Waals surface area (Å²) >= 11 is 0. The third-order valence-corrected chi connectivity index (χ3v) is 2.96. The van der Waals surface area contributed by atoms with Gasteiger partial charge in [-0.2, -0.15) is 0 Å². The van der Waals surface area contributed by atoms with Gasteiger partial charge >= 0.3 is 5.97 Å². The third kappa shape index (κ3) is 4.15. The molecule has 0 unspecified atom stereocenters. The molecule has 1 aromatic heterocycles. The first-order valence-corrected chi connectivity index (χ1v) is 6.70. The van der Waals surface area contributed by atoms with E-state index in [0.717, 1.165) is 0 Å². The topological polar surface area (TPSA) is 72.6 Å². The van der Waals surface area contributed by atoms with Gasteiger partial charge in [0.25, 0.3) is 5.91 Å². The van der Waals surface area contributed by atoms with Crippen molar-refractivity contribution in [3.8, 4) is 0 Å². The number of carbonyl (C=O) groups excluding carboxylic acids is 2. The number of benzene rings is 1. The van der Waals surface area contributed by atoms with Gasteiger partial charge in [-0.25, -0.2) is 9.18 Å². The van der Waals surface area contributed by atoms with E-state index in [9.17, 15) is 14.0 Å². The summed E-state index contributed by atoms with van der Waals surface area (Å²) in [4.78, 5) is 25.1. The fraction of sp³-hybridized carbons (Fsp3) is 0.267. The van der Waals surface area contributed by atoms with Gasteiger partial charge < -0.3 is 14.2 Å². The number of likely N-dealkylation sites (N-methyl/N-ethyl adjacent to an activating group) is 1. The lowest BCUT2D eigenvalue weighted by molar-refractivity contribution is -0.135. The van der Waals surface area contributed by atoms with Crippen molar-refractivity contribution in [3.63, 3.8) is 0 Å². The number of carbonyl (C=O) groups is 2. The van der Waals surface area contributed by atoms with Gasteiger partial charge in [0, 0.05) is 19.2 Å². The molecule has 0 saturated carbocycles. The molecule has 0 saturated heterocycles. The highest BCUT2D eigenvalue weighted by atomic mass is 19.1. The van der Waals surface area contributed by atoms with Gasteiger partial charge in [0.1, 0.15) is 5.82 Å². The molecule has 2 aromatic rings. The number of halogens is 1. The Labute approximate surface area is 126 Å².